The van der Waals surface area contributed by atoms with Crippen LogP contribution in [0.1, 0.15) is 46.8 Å². The van der Waals surface area contributed by atoms with E-state index < -0.39 is 11.8 Å². The molecule has 3 amide bonds. The third kappa shape index (κ3) is 5.34. The first kappa shape index (κ1) is 25.2. The second-order valence-electron chi connectivity index (χ2n) is 8.86. The van der Waals surface area contributed by atoms with Crippen LogP contribution in [0.3, 0.4) is 0 Å². The Morgan fingerprint density at radius 2 is 1.53 bits per heavy atom. The van der Waals surface area contributed by atoms with Gasteiger partial charge in [0.15, 0.2) is 0 Å². The fourth-order valence-electron chi connectivity index (χ4n) is 3.90. The van der Waals surface area contributed by atoms with Crippen LogP contribution in [0.2, 0.25) is 0 Å². The molecule has 1 heterocycles. The van der Waals surface area contributed by atoms with Gasteiger partial charge in [-0.3, -0.25) is 14.4 Å². The van der Waals surface area contributed by atoms with E-state index in [0.717, 1.165) is 41.0 Å². The van der Waals surface area contributed by atoms with Gasteiger partial charge in [-0.15, -0.1) is 0 Å². The summed E-state index contributed by atoms with van der Waals surface area (Å²) in [6, 6.07) is 19.8. The lowest BCUT2D eigenvalue weighted by Gasteiger charge is -2.16. The highest BCUT2D eigenvalue weighted by Gasteiger charge is 2.39. The van der Waals surface area contributed by atoms with Crippen LogP contribution in [0.4, 0.5) is 17.1 Å². The minimum atomic E-state index is -0.580. The van der Waals surface area contributed by atoms with Gasteiger partial charge in [0.25, 0.3) is 17.7 Å². The maximum Gasteiger partial charge on any atom is 0.283 e. The molecule has 7 heteroatoms. The molecule has 36 heavy (non-hydrogen) atoms. The molecule has 184 valence electrons. The number of benzene rings is 3. The summed E-state index contributed by atoms with van der Waals surface area (Å²) < 4.78 is 0. The Morgan fingerprint density at radius 1 is 0.861 bits per heavy atom. The smallest absolute Gasteiger partial charge is 0.283 e. The topological polar surface area (TPSA) is 78.5 Å². The molecule has 1 aliphatic rings. The van der Waals surface area contributed by atoms with Crippen LogP contribution in [-0.2, 0) is 16.0 Å². The van der Waals surface area contributed by atoms with E-state index in [1.54, 1.807) is 36.4 Å². The van der Waals surface area contributed by atoms with Crippen LogP contribution in [-0.4, -0.2) is 17.7 Å². The monoisotopic (exact) mass is 501 g/mol. The average molecular weight is 502 g/mol. The highest BCUT2D eigenvalue weighted by molar-refractivity contribution is 6.53. The number of nitrogens with zero attached hydrogens (tertiary/aromatic N) is 1. The van der Waals surface area contributed by atoms with Gasteiger partial charge in [-0.1, -0.05) is 43.1 Å². The van der Waals surface area contributed by atoms with Gasteiger partial charge < -0.3 is 10.6 Å². The van der Waals surface area contributed by atoms with Gasteiger partial charge >= 0.3 is 0 Å². The van der Waals surface area contributed by atoms with E-state index in [1.807, 2.05) is 44.2 Å². The van der Waals surface area contributed by atoms with Crippen molar-refractivity contribution < 1.29 is 14.4 Å². The minimum absolute atomic E-state index is 0.000240. The summed E-state index contributed by atoms with van der Waals surface area (Å²) in [5.41, 5.74) is 5.45. The van der Waals surface area contributed by atoms with Crippen molar-refractivity contribution >= 4 is 46.4 Å². The Balaban J connectivity index is 1.42. The third-order valence-corrected chi connectivity index (χ3v) is 6.57. The molecular formula is C29H28ClN3O3. The highest BCUT2D eigenvalue weighted by atomic mass is 35.5. The minimum Gasteiger partial charge on any atom is -0.350 e. The second kappa shape index (κ2) is 10.8. The molecule has 0 bridgehead atoms. The van der Waals surface area contributed by atoms with E-state index in [1.165, 1.54) is 5.56 Å². The van der Waals surface area contributed by atoms with Crippen LogP contribution in [0.15, 0.2) is 77.5 Å². The molecule has 3 aromatic carbocycles. The van der Waals surface area contributed by atoms with Gasteiger partial charge in [-0.25, -0.2) is 4.90 Å². The molecule has 0 fully saturated rings. The maximum absolute atomic E-state index is 13.0. The fourth-order valence-corrected chi connectivity index (χ4v) is 4.11. The lowest BCUT2D eigenvalue weighted by molar-refractivity contribution is -0.120. The highest BCUT2D eigenvalue weighted by Crippen LogP contribution is 2.31. The number of carbonyl (C=O) groups is 3. The number of rotatable bonds is 8. The van der Waals surface area contributed by atoms with E-state index in [-0.39, 0.29) is 16.6 Å². The third-order valence-electron chi connectivity index (χ3n) is 6.22. The van der Waals surface area contributed by atoms with Gasteiger partial charge in [0.05, 0.1) is 5.69 Å². The fraction of sp³-hybridized carbons (Fsp3) is 0.207. The number of unbranched alkanes of at least 4 members (excludes halogenated alkanes) is 1. The normalized spacial score (nSPS) is 13.4. The molecule has 1 aliphatic heterocycles. The van der Waals surface area contributed by atoms with Crippen LogP contribution in [0.25, 0.3) is 0 Å². The number of hydrogen-bond donors (Lipinski definition) is 2. The Kier molecular flexibility index (Phi) is 7.55. The molecule has 3 aromatic rings. The standard InChI is InChI=1S/C29H28ClN3O3/c1-4-5-6-20-8-12-23(13-9-20)32-27(34)21-10-14-22(15-11-21)31-26-25(30)28(35)33(29(26)36)24-16-7-18(2)19(3)17-24/h7-17,31H,4-6H2,1-3H3,(H,32,34). The van der Waals surface area contributed by atoms with Gasteiger partial charge in [0, 0.05) is 16.9 Å². The summed E-state index contributed by atoms with van der Waals surface area (Å²) in [6.07, 6.45) is 3.30. The SMILES string of the molecule is CCCCc1ccc(NC(=O)c2ccc(NC3=C(Cl)C(=O)N(c4ccc(C)c(C)c4)C3=O)cc2)cc1. The zero-order chi connectivity index (χ0) is 25.8. The first-order chi connectivity index (χ1) is 17.3. The van der Waals surface area contributed by atoms with Crippen molar-refractivity contribution in [2.75, 3.05) is 15.5 Å². The van der Waals surface area contributed by atoms with Crippen molar-refractivity contribution in [3.63, 3.8) is 0 Å². The molecule has 0 radical (unpaired) electrons. The summed E-state index contributed by atoms with van der Waals surface area (Å²) >= 11 is 6.24. The molecule has 2 N–H and O–H groups in total. The molecule has 0 unspecified atom stereocenters. The molecule has 0 aromatic heterocycles. The summed E-state index contributed by atoms with van der Waals surface area (Å²) in [7, 11) is 0. The molecule has 0 atom stereocenters. The average Bonchev–Trinajstić information content (AvgIpc) is 3.08. The van der Waals surface area contributed by atoms with E-state index in [9.17, 15) is 14.4 Å². The van der Waals surface area contributed by atoms with Crippen LogP contribution in [0, 0.1) is 13.8 Å². The van der Waals surface area contributed by atoms with Crippen molar-refractivity contribution in [3.05, 3.63) is 99.7 Å². The predicted octanol–water partition coefficient (Wildman–Crippen LogP) is 6.33. The van der Waals surface area contributed by atoms with E-state index in [0.29, 0.717) is 16.9 Å². The number of halogens is 1. The molecule has 6 nitrogen and oxygen atoms in total. The Hall–Kier alpha value is -3.90. The van der Waals surface area contributed by atoms with Crippen molar-refractivity contribution in [3.8, 4) is 0 Å². The number of amides is 3. The lowest BCUT2D eigenvalue weighted by atomic mass is 10.1. The van der Waals surface area contributed by atoms with Gasteiger partial charge in [-0.2, -0.15) is 0 Å². The number of anilines is 3. The second-order valence-corrected chi connectivity index (χ2v) is 9.24. The van der Waals surface area contributed by atoms with Crippen LogP contribution < -0.4 is 15.5 Å². The molecule has 0 saturated heterocycles. The predicted molar refractivity (Wildman–Crippen MR) is 144 cm³/mol. The summed E-state index contributed by atoms with van der Waals surface area (Å²) in [4.78, 5) is 39.5. The number of carbonyl (C=O) groups excluding carboxylic acids is 3. The van der Waals surface area contributed by atoms with E-state index >= 15 is 0 Å². The summed E-state index contributed by atoms with van der Waals surface area (Å²) in [5.74, 6) is -1.35. The Labute approximate surface area is 216 Å². The van der Waals surface area contributed by atoms with Crippen molar-refractivity contribution in [2.45, 2.75) is 40.0 Å². The molecule has 0 spiro atoms. The zero-order valence-corrected chi connectivity index (χ0v) is 21.3. The zero-order valence-electron chi connectivity index (χ0n) is 20.5. The van der Waals surface area contributed by atoms with Crippen molar-refractivity contribution in [1.29, 1.82) is 0 Å². The molecule has 0 aliphatic carbocycles. The molecular weight excluding hydrogens is 474 g/mol. The van der Waals surface area contributed by atoms with Crippen molar-refractivity contribution in [1.82, 2.24) is 0 Å². The van der Waals surface area contributed by atoms with Gasteiger partial charge in [0.2, 0.25) is 0 Å². The molecule has 0 saturated carbocycles. The van der Waals surface area contributed by atoms with Crippen LogP contribution in [0.5, 0.6) is 0 Å². The number of nitrogens with one attached hydrogen (secondary N) is 2. The van der Waals surface area contributed by atoms with Gasteiger partial charge in [-0.05, 0) is 91.9 Å². The Bertz CT molecular complexity index is 1350. The quantitative estimate of drug-likeness (QED) is 0.353. The van der Waals surface area contributed by atoms with Crippen LogP contribution >= 0.6 is 11.6 Å². The molecule has 4 rings (SSSR count). The maximum atomic E-state index is 13.0. The van der Waals surface area contributed by atoms with Gasteiger partial charge in [0.1, 0.15) is 10.7 Å². The van der Waals surface area contributed by atoms with E-state index in [4.69, 9.17) is 11.6 Å². The number of aryl methyl sites for hydroxylation is 3. The first-order valence-electron chi connectivity index (χ1n) is 11.9. The van der Waals surface area contributed by atoms with Crippen molar-refractivity contribution in [2.24, 2.45) is 0 Å². The first-order valence-corrected chi connectivity index (χ1v) is 12.3. The lowest BCUT2D eigenvalue weighted by Crippen LogP contribution is -2.32. The number of imide groups is 1. The number of hydrogen-bond acceptors (Lipinski definition) is 4. The largest absolute Gasteiger partial charge is 0.350 e. The van der Waals surface area contributed by atoms with E-state index in [2.05, 4.69) is 17.6 Å². The summed E-state index contributed by atoms with van der Waals surface area (Å²) in [5, 5.41) is 5.65. The summed E-state index contributed by atoms with van der Waals surface area (Å²) in [6.45, 7) is 6.03. The Morgan fingerprint density at radius 3 is 2.17 bits per heavy atom.